The van der Waals surface area contributed by atoms with Crippen molar-refractivity contribution in [2.24, 2.45) is 23.0 Å². The van der Waals surface area contributed by atoms with E-state index in [1.807, 2.05) is 38.1 Å². The number of hydrogen-bond donors (Lipinski definition) is 2. The lowest BCUT2D eigenvalue weighted by atomic mass is 9.53. The molecule has 1 aromatic carbocycles. The molecule has 1 amide bonds. The van der Waals surface area contributed by atoms with E-state index in [0.717, 1.165) is 18.4 Å². The van der Waals surface area contributed by atoms with Crippen molar-refractivity contribution >= 4 is 23.5 Å². The van der Waals surface area contributed by atoms with Gasteiger partial charge in [0.2, 0.25) is 11.9 Å². The molecule has 2 atom stereocenters. The van der Waals surface area contributed by atoms with E-state index in [1.165, 1.54) is 0 Å². The summed E-state index contributed by atoms with van der Waals surface area (Å²) < 4.78 is 0. The molecule has 2 aromatic rings. The first-order valence-corrected chi connectivity index (χ1v) is 9.72. The SMILES string of the molecule is CC1(C)[C@H](Cc2nc(NCCc3cccc(Cl)c3)ncc2C#N)C[C@H]1C(N)=O. The molecule has 1 aliphatic carbocycles. The Morgan fingerprint density at radius 3 is 2.89 bits per heavy atom. The fourth-order valence-corrected chi connectivity index (χ4v) is 4.05. The fourth-order valence-electron chi connectivity index (χ4n) is 3.84. The number of anilines is 1. The third-order valence-electron chi connectivity index (χ3n) is 5.83. The van der Waals surface area contributed by atoms with Gasteiger partial charge in [-0.15, -0.1) is 0 Å². The Balaban J connectivity index is 1.65. The Kier molecular flexibility index (Phi) is 5.85. The summed E-state index contributed by atoms with van der Waals surface area (Å²) in [5, 5.41) is 13.3. The van der Waals surface area contributed by atoms with E-state index in [2.05, 4.69) is 21.4 Å². The van der Waals surface area contributed by atoms with E-state index in [9.17, 15) is 10.1 Å². The van der Waals surface area contributed by atoms with Crippen molar-refractivity contribution in [2.75, 3.05) is 11.9 Å². The molecule has 0 saturated heterocycles. The van der Waals surface area contributed by atoms with Gasteiger partial charge in [0.15, 0.2) is 0 Å². The minimum atomic E-state index is -0.257. The number of benzene rings is 1. The zero-order chi connectivity index (χ0) is 20.3. The van der Waals surface area contributed by atoms with Gasteiger partial charge < -0.3 is 11.1 Å². The summed E-state index contributed by atoms with van der Waals surface area (Å²) >= 11 is 6.01. The molecule has 0 radical (unpaired) electrons. The van der Waals surface area contributed by atoms with Crippen LogP contribution in [0.25, 0.3) is 0 Å². The monoisotopic (exact) mass is 397 g/mol. The highest BCUT2D eigenvalue weighted by Gasteiger charge is 2.50. The molecular weight excluding hydrogens is 374 g/mol. The van der Waals surface area contributed by atoms with Crippen LogP contribution in [0.2, 0.25) is 5.02 Å². The highest BCUT2D eigenvalue weighted by atomic mass is 35.5. The number of rotatable bonds is 7. The normalized spacial score (nSPS) is 20.1. The Morgan fingerprint density at radius 2 is 2.25 bits per heavy atom. The van der Waals surface area contributed by atoms with Crippen LogP contribution in [0.1, 0.15) is 37.1 Å². The lowest BCUT2D eigenvalue weighted by Gasteiger charge is -2.50. The van der Waals surface area contributed by atoms with Crippen molar-refractivity contribution in [1.29, 1.82) is 5.26 Å². The first-order valence-electron chi connectivity index (χ1n) is 9.35. The van der Waals surface area contributed by atoms with Crippen LogP contribution >= 0.6 is 11.6 Å². The molecule has 0 spiro atoms. The molecule has 28 heavy (non-hydrogen) atoms. The Hall–Kier alpha value is -2.65. The number of primary amides is 1. The smallest absolute Gasteiger partial charge is 0.222 e. The number of hydrogen-bond acceptors (Lipinski definition) is 5. The summed E-state index contributed by atoms with van der Waals surface area (Å²) in [6, 6.07) is 9.89. The number of carbonyl (C=O) groups is 1. The van der Waals surface area contributed by atoms with Gasteiger partial charge in [0.1, 0.15) is 6.07 Å². The standard InChI is InChI=1S/C21H24ClN5O/c1-21(2)15(9-17(21)19(24)28)10-18-14(11-23)12-26-20(27-18)25-7-6-13-4-3-5-16(22)8-13/h3-5,8,12,15,17H,6-7,9-10H2,1-2H3,(H2,24,28)(H,25,26,27)/t15-,17-/m0/s1. The molecule has 1 saturated carbocycles. The molecule has 146 valence electrons. The van der Waals surface area contributed by atoms with Crippen molar-refractivity contribution < 1.29 is 4.79 Å². The largest absolute Gasteiger partial charge is 0.369 e. The van der Waals surface area contributed by atoms with E-state index in [-0.39, 0.29) is 23.2 Å². The molecule has 3 N–H and O–H groups in total. The molecule has 3 rings (SSSR count). The van der Waals surface area contributed by atoms with E-state index in [4.69, 9.17) is 17.3 Å². The van der Waals surface area contributed by atoms with Crippen LogP contribution in [0.3, 0.4) is 0 Å². The van der Waals surface area contributed by atoms with Crippen LogP contribution in [0.4, 0.5) is 5.95 Å². The van der Waals surface area contributed by atoms with Crippen LogP contribution in [0, 0.1) is 28.6 Å². The number of nitrogens with one attached hydrogen (secondary N) is 1. The predicted molar refractivity (Wildman–Crippen MR) is 109 cm³/mol. The van der Waals surface area contributed by atoms with Gasteiger partial charge in [-0.1, -0.05) is 37.6 Å². The third-order valence-corrected chi connectivity index (χ3v) is 6.06. The zero-order valence-electron chi connectivity index (χ0n) is 16.1. The summed E-state index contributed by atoms with van der Waals surface area (Å²) in [5.41, 5.74) is 7.61. The van der Waals surface area contributed by atoms with Gasteiger partial charge in [-0.3, -0.25) is 4.79 Å². The van der Waals surface area contributed by atoms with Gasteiger partial charge in [0.25, 0.3) is 0 Å². The van der Waals surface area contributed by atoms with Crippen LogP contribution in [0.5, 0.6) is 0 Å². The van der Waals surface area contributed by atoms with Crippen LogP contribution in [-0.2, 0) is 17.6 Å². The summed E-state index contributed by atoms with van der Waals surface area (Å²) in [5.74, 6) is 0.374. The molecule has 1 aliphatic rings. The summed E-state index contributed by atoms with van der Waals surface area (Å²) in [7, 11) is 0. The molecule has 6 nitrogen and oxygen atoms in total. The average Bonchev–Trinajstić information content (AvgIpc) is 2.64. The number of aromatic nitrogens is 2. The van der Waals surface area contributed by atoms with Gasteiger partial charge in [-0.25, -0.2) is 9.97 Å². The highest BCUT2D eigenvalue weighted by molar-refractivity contribution is 6.30. The quantitative estimate of drug-likeness (QED) is 0.745. The highest BCUT2D eigenvalue weighted by Crippen LogP contribution is 2.52. The molecule has 0 unspecified atom stereocenters. The van der Waals surface area contributed by atoms with Crippen molar-refractivity contribution in [3.05, 3.63) is 52.3 Å². The second kappa shape index (κ2) is 8.15. The first kappa shape index (κ1) is 20.1. The van der Waals surface area contributed by atoms with Crippen molar-refractivity contribution in [3.63, 3.8) is 0 Å². The second-order valence-electron chi connectivity index (χ2n) is 7.89. The van der Waals surface area contributed by atoms with Crippen LogP contribution in [0.15, 0.2) is 30.5 Å². The Morgan fingerprint density at radius 1 is 1.46 bits per heavy atom. The van der Waals surface area contributed by atoms with Gasteiger partial charge >= 0.3 is 0 Å². The van der Waals surface area contributed by atoms with Gasteiger partial charge in [0, 0.05) is 17.5 Å². The predicted octanol–water partition coefficient (Wildman–Crippen LogP) is 3.35. The number of halogens is 1. The molecule has 0 bridgehead atoms. The van der Waals surface area contributed by atoms with Gasteiger partial charge in [-0.05, 0) is 48.3 Å². The molecule has 7 heteroatoms. The van der Waals surface area contributed by atoms with Crippen LogP contribution in [-0.4, -0.2) is 22.4 Å². The third kappa shape index (κ3) is 4.26. The lowest BCUT2D eigenvalue weighted by Crippen LogP contribution is -2.51. The molecule has 1 aromatic heterocycles. The van der Waals surface area contributed by atoms with Crippen molar-refractivity contribution in [2.45, 2.75) is 33.1 Å². The van der Waals surface area contributed by atoms with Crippen LogP contribution < -0.4 is 11.1 Å². The van der Waals surface area contributed by atoms with E-state index in [0.29, 0.717) is 35.2 Å². The average molecular weight is 398 g/mol. The Labute approximate surface area is 170 Å². The molecule has 1 heterocycles. The summed E-state index contributed by atoms with van der Waals surface area (Å²) in [6.07, 6.45) is 3.70. The summed E-state index contributed by atoms with van der Waals surface area (Å²) in [6.45, 7) is 4.76. The molecule has 1 fully saturated rings. The second-order valence-corrected chi connectivity index (χ2v) is 8.32. The topological polar surface area (TPSA) is 105 Å². The minimum Gasteiger partial charge on any atom is -0.369 e. The molecule has 0 aliphatic heterocycles. The van der Waals surface area contributed by atoms with E-state index in [1.54, 1.807) is 6.20 Å². The first-order chi connectivity index (χ1) is 13.3. The number of carbonyl (C=O) groups excluding carboxylic acids is 1. The number of nitrogens with zero attached hydrogens (tertiary/aromatic N) is 3. The minimum absolute atomic E-state index is 0.125. The van der Waals surface area contributed by atoms with Crippen molar-refractivity contribution in [1.82, 2.24) is 9.97 Å². The summed E-state index contributed by atoms with van der Waals surface area (Å²) in [4.78, 5) is 20.4. The maximum atomic E-state index is 11.6. The maximum Gasteiger partial charge on any atom is 0.222 e. The lowest BCUT2D eigenvalue weighted by molar-refractivity contribution is -0.137. The number of nitrogens with two attached hydrogens (primary N) is 1. The van der Waals surface area contributed by atoms with E-state index < -0.39 is 0 Å². The Bertz CT molecular complexity index is 921. The number of amides is 1. The molecular formula is C21H24ClN5O. The zero-order valence-corrected chi connectivity index (χ0v) is 16.8. The number of nitriles is 1. The van der Waals surface area contributed by atoms with Gasteiger partial charge in [0.05, 0.1) is 17.5 Å². The fraction of sp³-hybridized carbons (Fsp3) is 0.429. The van der Waals surface area contributed by atoms with Gasteiger partial charge in [-0.2, -0.15) is 5.26 Å². The van der Waals surface area contributed by atoms with E-state index >= 15 is 0 Å². The van der Waals surface area contributed by atoms with Crippen molar-refractivity contribution in [3.8, 4) is 6.07 Å². The maximum absolute atomic E-state index is 11.6.